The largest absolute Gasteiger partial charge is 0.306 e. The van der Waals surface area contributed by atoms with E-state index >= 15 is 0 Å². The Morgan fingerprint density at radius 1 is 1.41 bits per heavy atom. The highest BCUT2D eigenvalue weighted by atomic mass is 79.9. The summed E-state index contributed by atoms with van der Waals surface area (Å²) in [6, 6.07) is 8.59. The summed E-state index contributed by atoms with van der Waals surface area (Å²) >= 11 is 3.57. The molecule has 0 fully saturated rings. The Morgan fingerprint density at radius 3 is 2.82 bits per heavy atom. The molecule has 0 spiro atoms. The van der Waals surface area contributed by atoms with Crippen LogP contribution in [0.15, 0.2) is 34.9 Å². The number of aromatic nitrogens is 2. The number of aryl methyl sites for hydroxylation is 1. The lowest BCUT2D eigenvalue weighted by molar-refractivity contribution is 0.571. The van der Waals surface area contributed by atoms with E-state index in [0.29, 0.717) is 6.04 Å². The molecule has 0 saturated heterocycles. The Kier molecular flexibility index (Phi) is 3.97. The predicted molar refractivity (Wildman–Crippen MR) is 72.7 cm³/mol. The van der Waals surface area contributed by atoms with Crippen LogP contribution in [0.5, 0.6) is 0 Å². The molecule has 1 aromatic heterocycles. The van der Waals surface area contributed by atoms with Crippen molar-refractivity contribution in [1.82, 2.24) is 15.5 Å². The monoisotopic (exact) mass is 293 g/mol. The number of aromatic amines is 1. The first-order valence-corrected chi connectivity index (χ1v) is 6.44. The van der Waals surface area contributed by atoms with Crippen molar-refractivity contribution in [2.45, 2.75) is 26.4 Å². The van der Waals surface area contributed by atoms with Crippen molar-refractivity contribution in [2.24, 2.45) is 0 Å². The van der Waals surface area contributed by atoms with Gasteiger partial charge in [0.25, 0.3) is 0 Å². The standard InChI is InChI=1S/C13H16BrN3/c1-9-11(8-16-17-9)7-15-10(2)12-5-3-4-6-13(12)14/h3-6,8,10,15H,7H2,1-2H3,(H,16,17)/t10-/m1/s1. The summed E-state index contributed by atoms with van der Waals surface area (Å²) in [4.78, 5) is 0. The van der Waals surface area contributed by atoms with Crippen molar-refractivity contribution < 1.29 is 0 Å². The second-order valence-corrected chi connectivity index (χ2v) is 5.00. The average Bonchev–Trinajstić information content (AvgIpc) is 2.72. The maximum absolute atomic E-state index is 4.02. The fourth-order valence-electron chi connectivity index (χ4n) is 1.75. The van der Waals surface area contributed by atoms with Crippen LogP contribution in [0.2, 0.25) is 0 Å². The van der Waals surface area contributed by atoms with Crippen LogP contribution in [0.4, 0.5) is 0 Å². The molecule has 1 atom stereocenters. The molecule has 2 N–H and O–H groups in total. The summed E-state index contributed by atoms with van der Waals surface area (Å²) in [7, 11) is 0. The van der Waals surface area contributed by atoms with E-state index in [-0.39, 0.29) is 0 Å². The molecule has 2 rings (SSSR count). The van der Waals surface area contributed by atoms with E-state index in [1.54, 1.807) is 0 Å². The minimum atomic E-state index is 0.305. The third-order valence-corrected chi connectivity index (χ3v) is 3.63. The number of rotatable bonds is 4. The molecular weight excluding hydrogens is 278 g/mol. The van der Waals surface area contributed by atoms with Crippen molar-refractivity contribution in [3.05, 3.63) is 51.8 Å². The molecule has 1 heterocycles. The van der Waals surface area contributed by atoms with Crippen molar-refractivity contribution >= 4 is 15.9 Å². The molecule has 2 aromatic rings. The Bertz CT molecular complexity index is 493. The molecule has 3 nitrogen and oxygen atoms in total. The number of hydrogen-bond donors (Lipinski definition) is 2. The molecule has 0 radical (unpaired) electrons. The molecule has 0 aliphatic heterocycles. The fourth-order valence-corrected chi connectivity index (χ4v) is 2.38. The van der Waals surface area contributed by atoms with Crippen LogP contribution in [0, 0.1) is 6.92 Å². The van der Waals surface area contributed by atoms with Gasteiger partial charge < -0.3 is 5.32 Å². The molecule has 0 amide bonds. The van der Waals surface area contributed by atoms with Crippen LogP contribution >= 0.6 is 15.9 Å². The number of halogens is 1. The van der Waals surface area contributed by atoms with E-state index in [9.17, 15) is 0 Å². The van der Waals surface area contributed by atoms with E-state index in [1.165, 1.54) is 11.1 Å². The van der Waals surface area contributed by atoms with E-state index in [1.807, 2.05) is 19.2 Å². The van der Waals surface area contributed by atoms with E-state index in [0.717, 1.165) is 16.7 Å². The zero-order valence-electron chi connectivity index (χ0n) is 10.00. The van der Waals surface area contributed by atoms with Crippen LogP contribution in [-0.4, -0.2) is 10.2 Å². The van der Waals surface area contributed by atoms with Crippen molar-refractivity contribution in [1.29, 1.82) is 0 Å². The highest BCUT2D eigenvalue weighted by Gasteiger charge is 2.09. The van der Waals surface area contributed by atoms with Gasteiger partial charge in [0.1, 0.15) is 0 Å². The molecule has 0 bridgehead atoms. The lowest BCUT2D eigenvalue weighted by Gasteiger charge is -2.15. The van der Waals surface area contributed by atoms with Gasteiger partial charge in [0, 0.05) is 28.3 Å². The summed E-state index contributed by atoms with van der Waals surface area (Å²) in [6.07, 6.45) is 1.87. The SMILES string of the molecule is Cc1[nH]ncc1CN[C@H](C)c1ccccc1Br. The van der Waals surface area contributed by atoms with E-state index in [4.69, 9.17) is 0 Å². The zero-order chi connectivity index (χ0) is 12.3. The molecule has 90 valence electrons. The summed E-state index contributed by atoms with van der Waals surface area (Å²) in [5.74, 6) is 0. The van der Waals surface area contributed by atoms with Gasteiger partial charge in [0.2, 0.25) is 0 Å². The van der Waals surface area contributed by atoms with Gasteiger partial charge in [-0.3, -0.25) is 5.10 Å². The van der Waals surface area contributed by atoms with Gasteiger partial charge in [-0.2, -0.15) is 5.10 Å². The van der Waals surface area contributed by atoms with Gasteiger partial charge in [0.15, 0.2) is 0 Å². The van der Waals surface area contributed by atoms with Crippen molar-refractivity contribution in [3.8, 4) is 0 Å². The number of nitrogens with zero attached hydrogens (tertiary/aromatic N) is 1. The molecule has 0 unspecified atom stereocenters. The number of hydrogen-bond acceptors (Lipinski definition) is 2. The highest BCUT2D eigenvalue weighted by molar-refractivity contribution is 9.10. The first-order valence-electron chi connectivity index (χ1n) is 5.65. The first-order chi connectivity index (χ1) is 8.18. The smallest absolute Gasteiger partial charge is 0.0535 e. The Labute approximate surface area is 110 Å². The summed E-state index contributed by atoms with van der Waals surface area (Å²) < 4.78 is 1.14. The molecule has 0 saturated carbocycles. The minimum Gasteiger partial charge on any atom is -0.306 e. The Morgan fingerprint density at radius 2 is 2.18 bits per heavy atom. The second-order valence-electron chi connectivity index (χ2n) is 4.14. The maximum Gasteiger partial charge on any atom is 0.0535 e. The van der Waals surface area contributed by atoms with Gasteiger partial charge in [-0.1, -0.05) is 34.1 Å². The van der Waals surface area contributed by atoms with Crippen LogP contribution in [0.1, 0.15) is 29.8 Å². The summed E-state index contributed by atoms with van der Waals surface area (Å²) in [5, 5.41) is 10.5. The van der Waals surface area contributed by atoms with E-state index < -0.39 is 0 Å². The topological polar surface area (TPSA) is 40.7 Å². The molecule has 0 aliphatic carbocycles. The average molecular weight is 294 g/mol. The van der Waals surface area contributed by atoms with Crippen molar-refractivity contribution in [2.75, 3.05) is 0 Å². The van der Waals surface area contributed by atoms with Gasteiger partial charge in [-0.05, 0) is 25.5 Å². The number of H-pyrrole nitrogens is 1. The lowest BCUT2D eigenvalue weighted by Crippen LogP contribution is -2.18. The fraction of sp³-hybridized carbons (Fsp3) is 0.308. The maximum atomic E-state index is 4.02. The molecule has 0 aliphatic rings. The van der Waals surface area contributed by atoms with Crippen LogP contribution in [-0.2, 0) is 6.54 Å². The molecule has 4 heteroatoms. The predicted octanol–water partition coefficient (Wildman–Crippen LogP) is 3.33. The Hall–Kier alpha value is -1.13. The van der Waals surface area contributed by atoms with Crippen molar-refractivity contribution in [3.63, 3.8) is 0 Å². The second kappa shape index (κ2) is 5.47. The van der Waals surface area contributed by atoms with E-state index in [2.05, 4.69) is 56.6 Å². The normalized spacial score (nSPS) is 12.6. The summed E-state index contributed by atoms with van der Waals surface area (Å²) in [6.45, 7) is 5.02. The van der Waals surface area contributed by atoms with Gasteiger partial charge >= 0.3 is 0 Å². The number of nitrogens with one attached hydrogen (secondary N) is 2. The van der Waals surface area contributed by atoms with Crippen LogP contribution < -0.4 is 5.32 Å². The molecule has 17 heavy (non-hydrogen) atoms. The quantitative estimate of drug-likeness (QED) is 0.908. The minimum absolute atomic E-state index is 0.305. The molecular formula is C13H16BrN3. The highest BCUT2D eigenvalue weighted by Crippen LogP contribution is 2.23. The first kappa shape index (κ1) is 12.3. The van der Waals surface area contributed by atoms with Gasteiger partial charge in [-0.15, -0.1) is 0 Å². The van der Waals surface area contributed by atoms with Crippen LogP contribution in [0.25, 0.3) is 0 Å². The van der Waals surface area contributed by atoms with Gasteiger partial charge in [0.05, 0.1) is 6.20 Å². The number of benzene rings is 1. The van der Waals surface area contributed by atoms with Crippen LogP contribution in [0.3, 0.4) is 0 Å². The lowest BCUT2D eigenvalue weighted by atomic mass is 10.1. The van der Waals surface area contributed by atoms with Gasteiger partial charge in [-0.25, -0.2) is 0 Å². The zero-order valence-corrected chi connectivity index (χ0v) is 11.6. The third-order valence-electron chi connectivity index (χ3n) is 2.90. The Balaban J connectivity index is 2.01. The third kappa shape index (κ3) is 2.96. The molecule has 1 aromatic carbocycles. The summed E-state index contributed by atoms with van der Waals surface area (Å²) in [5.41, 5.74) is 3.61.